The molecule has 23 heavy (non-hydrogen) atoms. The van der Waals surface area contributed by atoms with Gasteiger partial charge in [-0.2, -0.15) is 0 Å². The number of rotatable bonds is 9. The molecule has 1 rings (SSSR count). The molecule has 0 aliphatic rings. The molecule has 7 nitrogen and oxygen atoms in total. The lowest BCUT2D eigenvalue weighted by Gasteiger charge is -2.20. The lowest BCUT2D eigenvalue weighted by molar-refractivity contribution is -0.137. The Bertz CT molecular complexity index is 533. The van der Waals surface area contributed by atoms with Gasteiger partial charge < -0.3 is 21.5 Å². The number of carboxylic acid groups (broad SMARTS) is 1. The Morgan fingerprint density at radius 1 is 1.17 bits per heavy atom. The number of carbonyl (C=O) groups is 3. The second-order valence-electron chi connectivity index (χ2n) is 5.51. The van der Waals surface area contributed by atoms with Gasteiger partial charge in [0.1, 0.15) is 0 Å². The van der Waals surface area contributed by atoms with E-state index in [9.17, 15) is 14.4 Å². The highest BCUT2D eigenvalue weighted by Crippen LogP contribution is 2.08. The van der Waals surface area contributed by atoms with Crippen molar-refractivity contribution in [2.45, 2.75) is 44.7 Å². The van der Waals surface area contributed by atoms with Gasteiger partial charge in [-0.05, 0) is 25.3 Å². The molecule has 1 aromatic rings. The maximum Gasteiger partial charge on any atom is 0.315 e. The van der Waals surface area contributed by atoms with Gasteiger partial charge in [0.2, 0.25) is 5.91 Å². The monoisotopic (exact) mass is 321 g/mol. The van der Waals surface area contributed by atoms with Crippen molar-refractivity contribution < 1.29 is 19.5 Å². The quantitative estimate of drug-likeness (QED) is 0.542. The van der Waals surface area contributed by atoms with E-state index in [2.05, 4.69) is 10.6 Å². The zero-order valence-electron chi connectivity index (χ0n) is 13.1. The van der Waals surface area contributed by atoms with Gasteiger partial charge in [-0.25, -0.2) is 4.79 Å². The second-order valence-corrected chi connectivity index (χ2v) is 5.51. The molecule has 0 fully saturated rings. The summed E-state index contributed by atoms with van der Waals surface area (Å²) in [5, 5.41) is 14.2. The minimum absolute atomic E-state index is 0.0331. The third kappa shape index (κ3) is 8.45. The summed E-state index contributed by atoms with van der Waals surface area (Å²) < 4.78 is 0. The molecule has 7 heteroatoms. The molecular weight excluding hydrogens is 298 g/mol. The number of hydrogen-bond acceptors (Lipinski definition) is 3. The molecule has 126 valence electrons. The summed E-state index contributed by atoms with van der Waals surface area (Å²) in [6, 6.07) is 8.37. The molecule has 0 bridgehead atoms. The van der Waals surface area contributed by atoms with Crippen LogP contribution in [0.2, 0.25) is 0 Å². The SMILES string of the molecule is CC(CC(N)=O)NC(=O)NC(CCC(=O)O)Cc1ccccc1. The number of nitrogens with two attached hydrogens (primary N) is 1. The number of carbonyl (C=O) groups excluding carboxylic acids is 2. The molecule has 0 aliphatic heterocycles. The topological polar surface area (TPSA) is 122 Å². The largest absolute Gasteiger partial charge is 0.481 e. The van der Waals surface area contributed by atoms with Gasteiger partial charge in [-0.1, -0.05) is 30.3 Å². The molecular formula is C16H23N3O4. The average Bonchev–Trinajstić information content (AvgIpc) is 2.44. The minimum atomic E-state index is -0.910. The van der Waals surface area contributed by atoms with Crippen LogP contribution in [0.5, 0.6) is 0 Å². The molecule has 2 unspecified atom stereocenters. The van der Waals surface area contributed by atoms with Crippen molar-refractivity contribution in [3.05, 3.63) is 35.9 Å². The standard InChI is InChI=1S/C16H23N3O4/c1-11(9-14(17)20)18-16(23)19-13(7-8-15(21)22)10-12-5-3-2-4-6-12/h2-6,11,13H,7-10H2,1H3,(H2,17,20)(H,21,22)(H2,18,19,23). The maximum absolute atomic E-state index is 12.0. The normalized spacial score (nSPS) is 12.9. The van der Waals surface area contributed by atoms with E-state index in [4.69, 9.17) is 10.8 Å². The van der Waals surface area contributed by atoms with Crippen molar-refractivity contribution in [2.75, 3.05) is 0 Å². The van der Waals surface area contributed by atoms with Crippen LogP contribution < -0.4 is 16.4 Å². The predicted octanol–water partition coefficient (Wildman–Crippen LogP) is 1.03. The van der Waals surface area contributed by atoms with Crippen LogP contribution in [0.25, 0.3) is 0 Å². The van der Waals surface area contributed by atoms with Gasteiger partial charge in [0.05, 0.1) is 0 Å². The Labute approximate surface area is 135 Å². The molecule has 0 saturated carbocycles. The van der Waals surface area contributed by atoms with Crippen LogP contribution in [0.3, 0.4) is 0 Å². The van der Waals surface area contributed by atoms with Gasteiger partial charge in [0, 0.05) is 24.9 Å². The Morgan fingerprint density at radius 2 is 1.83 bits per heavy atom. The molecule has 0 aromatic heterocycles. The number of amides is 3. The smallest absolute Gasteiger partial charge is 0.315 e. The van der Waals surface area contributed by atoms with Crippen LogP contribution in [0.1, 0.15) is 31.7 Å². The van der Waals surface area contributed by atoms with Crippen molar-refractivity contribution in [1.29, 1.82) is 0 Å². The number of primary amides is 1. The molecule has 0 spiro atoms. The van der Waals surface area contributed by atoms with Crippen LogP contribution >= 0.6 is 0 Å². The van der Waals surface area contributed by atoms with Crippen molar-refractivity contribution in [2.24, 2.45) is 5.73 Å². The summed E-state index contributed by atoms with van der Waals surface area (Å²) in [4.78, 5) is 33.5. The van der Waals surface area contributed by atoms with Gasteiger partial charge >= 0.3 is 12.0 Å². The fourth-order valence-electron chi connectivity index (χ4n) is 2.23. The van der Waals surface area contributed by atoms with Crippen molar-refractivity contribution >= 4 is 17.9 Å². The minimum Gasteiger partial charge on any atom is -0.481 e. The number of urea groups is 1. The summed E-state index contributed by atoms with van der Waals surface area (Å²) >= 11 is 0. The van der Waals surface area contributed by atoms with E-state index in [1.54, 1.807) is 6.92 Å². The highest BCUT2D eigenvalue weighted by molar-refractivity contribution is 5.78. The Hall–Kier alpha value is -2.57. The van der Waals surface area contributed by atoms with E-state index in [0.717, 1.165) is 5.56 Å². The van der Waals surface area contributed by atoms with E-state index >= 15 is 0 Å². The molecule has 2 atom stereocenters. The third-order valence-electron chi connectivity index (χ3n) is 3.25. The van der Waals surface area contributed by atoms with E-state index in [0.29, 0.717) is 12.8 Å². The molecule has 1 aromatic carbocycles. The van der Waals surface area contributed by atoms with Gasteiger partial charge in [-0.3, -0.25) is 9.59 Å². The maximum atomic E-state index is 12.0. The van der Waals surface area contributed by atoms with E-state index in [1.165, 1.54) is 0 Å². The highest BCUT2D eigenvalue weighted by Gasteiger charge is 2.16. The Kier molecular flexibility index (Phi) is 7.59. The lowest BCUT2D eigenvalue weighted by atomic mass is 10.0. The Morgan fingerprint density at radius 3 is 2.39 bits per heavy atom. The van der Waals surface area contributed by atoms with Gasteiger partial charge in [0.15, 0.2) is 0 Å². The van der Waals surface area contributed by atoms with E-state index in [-0.39, 0.29) is 24.9 Å². The lowest BCUT2D eigenvalue weighted by Crippen LogP contribution is -2.47. The van der Waals surface area contributed by atoms with Crippen LogP contribution in [0.4, 0.5) is 4.79 Å². The first-order chi connectivity index (χ1) is 10.9. The zero-order valence-corrected chi connectivity index (χ0v) is 13.1. The highest BCUT2D eigenvalue weighted by atomic mass is 16.4. The van der Waals surface area contributed by atoms with Crippen LogP contribution in [0.15, 0.2) is 30.3 Å². The molecule has 3 amide bonds. The van der Waals surface area contributed by atoms with Crippen molar-refractivity contribution in [3.8, 4) is 0 Å². The molecule has 0 aliphatic carbocycles. The summed E-state index contributed by atoms with van der Waals surface area (Å²) in [5.41, 5.74) is 6.09. The molecule has 5 N–H and O–H groups in total. The molecule has 0 saturated heterocycles. The summed E-state index contributed by atoms with van der Waals surface area (Å²) in [6.45, 7) is 1.67. The fraction of sp³-hybridized carbons (Fsp3) is 0.438. The predicted molar refractivity (Wildman–Crippen MR) is 85.7 cm³/mol. The number of hydrogen-bond donors (Lipinski definition) is 4. The second kappa shape index (κ2) is 9.45. The van der Waals surface area contributed by atoms with Crippen molar-refractivity contribution in [3.63, 3.8) is 0 Å². The first kappa shape index (κ1) is 18.5. The number of aliphatic carboxylic acids is 1. The molecule has 0 heterocycles. The van der Waals surface area contributed by atoms with E-state index in [1.807, 2.05) is 30.3 Å². The first-order valence-corrected chi connectivity index (χ1v) is 7.48. The number of nitrogens with one attached hydrogen (secondary N) is 2. The fourth-order valence-corrected chi connectivity index (χ4v) is 2.23. The summed E-state index contributed by atoms with van der Waals surface area (Å²) in [6.07, 6.45) is 0.869. The average molecular weight is 321 g/mol. The van der Waals surface area contributed by atoms with Gasteiger partial charge in [-0.15, -0.1) is 0 Å². The Balaban J connectivity index is 2.59. The molecule has 0 radical (unpaired) electrons. The van der Waals surface area contributed by atoms with Crippen molar-refractivity contribution in [1.82, 2.24) is 10.6 Å². The third-order valence-corrected chi connectivity index (χ3v) is 3.25. The van der Waals surface area contributed by atoms with Gasteiger partial charge in [0.25, 0.3) is 0 Å². The number of benzene rings is 1. The van der Waals surface area contributed by atoms with E-state index < -0.39 is 17.9 Å². The summed E-state index contributed by atoms with van der Waals surface area (Å²) in [7, 11) is 0. The van der Waals surface area contributed by atoms with Crippen LogP contribution in [-0.4, -0.2) is 35.1 Å². The van der Waals surface area contributed by atoms with Crippen LogP contribution in [0, 0.1) is 0 Å². The zero-order chi connectivity index (χ0) is 17.2. The summed E-state index contributed by atoms with van der Waals surface area (Å²) in [5.74, 6) is -1.41. The number of carboxylic acids is 1. The first-order valence-electron chi connectivity index (χ1n) is 7.48. The van der Waals surface area contributed by atoms with Crippen LogP contribution in [-0.2, 0) is 16.0 Å².